The molecule has 0 amide bonds. The monoisotopic (exact) mass is 387 g/mol. The minimum atomic E-state index is -3.49. The van der Waals surface area contributed by atoms with Gasteiger partial charge in [-0.15, -0.1) is 0 Å². The molecule has 142 valence electrons. The molecule has 0 radical (unpaired) electrons. The van der Waals surface area contributed by atoms with Gasteiger partial charge in [-0.2, -0.15) is 9.29 Å². The molecule has 2 aromatic carbocycles. The number of hydrogen-bond donors (Lipinski definition) is 0. The highest BCUT2D eigenvalue weighted by molar-refractivity contribution is 7.88. The maximum absolute atomic E-state index is 12.5. The summed E-state index contributed by atoms with van der Waals surface area (Å²) in [5, 5.41) is 3.93. The second-order valence-electron chi connectivity index (χ2n) is 5.97. The van der Waals surface area contributed by atoms with Gasteiger partial charge >= 0.3 is 0 Å². The molecule has 0 aliphatic rings. The fourth-order valence-electron chi connectivity index (χ4n) is 2.49. The first-order chi connectivity index (χ1) is 13.0. The minimum Gasteiger partial charge on any atom is -0.494 e. The van der Waals surface area contributed by atoms with Crippen molar-refractivity contribution in [3.05, 3.63) is 66.1 Å². The summed E-state index contributed by atoms with van der Waals surface area (Å²) in [5.74, 6) is 1.32. The zero-order chi connectivity index (χ0) is 19.3. The van der Waals surface area contributed by atoms with Gasteiger partial charge in [-0.3, -0.25) is 0 Å². The van der Waals surface area contributed by atoms with Crippen molar-refractivity contribution in [2.24, 2.45) is 0 Å². The third kappa shape index (κ3) is 4.93. The molecular weight excluding hydrogens is 366 g/mol. The van der Waals surface area contributed by atoms with Crippen LogP contribution in [-0.2, 0) is 22.3 Å². The summed E-state index contributed by atoms with van der Waals surface area (Å²) in [7, 11) is -1.99. The van der Waals surface area contributed by atoms with Crippen LogP contribution in [0.5, 0.6) is 5.75 Å². The molecule has 0 N–H and O–H groups in total. The molecule has 1 heterocycles. The topological polar surface area (TPSA) is 85.5 Å². The Hall–Kier alpha value is -2.71. The van der Waals surface area contributed by atoms with E-state index in [1.165, 1.54) is 11.4 Å². The lowest BCUT2D eigenvalue weighted by molar-refractivity contribution is 0.336. The van der Waals surface area contributed by atoms with Gasteiger partial charge in [-0.25, -0.2) is 8.42 Å². The van der Waals surface area contributed by atoms with E-state index in [0.717, 1.165) is 16.9 Å². The van der Waals surface area contributed by atoms with Gasteiger partial charge < -0.3 is 9.26 Å². The summed E-state index contributed by atoms with van der Waals surface area (Å²) in [4.78, 5) is 4.29. The highest BCUT2D eigenvalue weighted by Gasteiger charge is 2.21. The van der Waals surface area contributed by atoms with Gasteiger partial charge in [0.2, 0.25) is 21.7 Å². The average Bonchev–Trinajstić information content (AvgIpc) is 3.11. The molecule has 8 heteroatoms. The second-order valence-corrected chi connectivity index (χ2v) is 8.04. The van der Waals surface area contributed by atoms with Gasteiger partial charge in [0, 0.05) is 12.6 Å². The summed E-state index contributed by atoms with van der Waals surface area (Å²) in [6.45, 7) is 2.52. The third-order valence-corrected chi connectivity index (χ3v) is 5.69. The first kappa shape index (κ1) is 19.1. The molecule has 0 fully saturated rings. The van der Waals surface area contributed by atoms with Crippen LogP contribution >= 0.6 is 0 Å². The molecule has 3 aromatic rings. The van der Waals surface area contributed by atoms with E-state index in [4.69, 9.17) is 9.26 Å². The smallest absolute Gasteiger partial charge is 0.242 e. The SMILES string of the molecule is CCOc1ccc(-c2noc(CN(C)S(=O)(=O)Cc3ccccc3)n2)cc1. The van der Waals surface area contributed by atoms with Crippen LogP contribution in [0.25, 0.3) is 11.4 Å². The van der Waals surface area contributed by atoms with E-state index in [2.05, 4.69) is 10.1 Å². The average molecular weight is 387 g/mol. The van der Waals surface area contributed by atoms with Gasteiger partial charge in [-0.1, -0.05) is 35.5 Å². The Morgan fingerprint density at radius 2 is 1.78 bits per heavy atom. The standard InChI is InChI=1S/C19H21N3O4S/c1-3-25-17-11-9-16(10-12-17)19-20-18(26-21-19)13-22(2)27(23,24)14-15-7-5-4-6-8-15/h4-12H,3,13-14H2,1-2H3. The molecule has 1 aromatic heterocycles. The fourth-order valence-corrected chi connectivity index (χ4v) is 3.63. The molecule has 3 rings (SSSR count). The Morgan fingerprint density at radius 1 is 1.07 bits per heavy atom. The van der Waals surface area contributed by atoms with E-state index in [1.807, 2.05) is 49.4 Å². The molecule has 0 aliphatic carbocycles. The molecule has 0 spiro atoms. The maximum atomic E-state index is 12.5. The molecule has 0 aliphatic heterocycles. The van der Waals surface area contributed by atoms with Crippen molar-refractivity contribution in [2.75, 3.05) is 13.7 Å². The zero-order valence-corrected chi connectivity index (χ0v) is 16.0. The molecule has 0 unspecified atom stereocenters. The van der Waals surface area contributed by atoms with E-state index in [-0.39, 0.29) is 18.2 Å². The normalized spacial score (nSPS) is 11.7. The lowest BCUT2D eigenvalue weighted by atomic mass is 10.2. The maximum Gasteiger partial charge on any atom is 0.242 e. The number of hydrogen-bond acceptors (Lipinski definition) is 6. The molecule has 0 saturated heterocycles. The minimum absolute atomic E-state index is 0.0131. The summed E-state index contributed by atoms with van der Waals surface area (Å²) >= 11 is 0. The van der Waals surface area contributed by atoms with E-state index in [9.17, 15) is 8.42 Å². The molecular formula is C19H21N3O4S. The summed E-state index contributed by atoms with van der Waals surface area (Å²) < 4.78 is 36.8. The van der Waals surface area contributed by atoms with Crippen LogP contribution in [0.1, 0.15) is 18.4 Å². The third-order valence-electron chi connectivity index (χ3n) is 3.92. The van der Waals surface area contributed by atoms with Crippen LogP contribution in [-0.4, -0.2) is 36.5 Å². The van der Waals surface area contributed by atoms with E-state index in [1.54, 1.807) is 12.1 Å². The zero-order valence-electron chi connectivity index (χ0n) is 15.2. The Kier molecular flexibility index (Phi) is 5.88. The first-order valence-corrected chi connectivity index (χ1v) is 10.1. The number of benzene rings is 2. The lowest BCUT2D eigenvalue weighted by Crippen LogP contribution is -2.27. The Labute approximate surface area is 158 Å². The predicted molar refractivity (Wildman–Crippen MR) is 101 cm³/mol. The molecule has 27 heavy (non-hydrogen) atoms. The summed E-state index contributed by atoms with van der Waals surface area (Å²) in [5.41, 5.74) is 1.49. The number of aromatic nitrogens is 2. The molecule has 0 saturated carbocycles. The Morgan fingerprint density at radius 3 is 2.44 bits per heavy atom. The molecule has 0 bridgehead atoms. The highest BCUT2D eigenvalue weighted by Crippen LogP contribution is 2.21. The lowest BCUT2D eigenvalue weighted by Gasteiger charge is -2.14. The molecule has 7 nitrogen and oxygen atoms in total. The highest BCUT2D eigenvalue weighted by atomic mass is 32.2. The fraction of sp³-hybridized carbons (Fsp3) is 0.263. The van der Waals surface area contributed by atoms with Gasteiger partial charge in [0.05, 0.1) is 18.9 Å². The van der Waals surface area contributed by atoms with Crippen molar-refractivity contribution in [1.82, 2.24) is 14.4 Å². The van der Waals surface area contributed by atoms with Crippen molar-refractivity contribution in [3.8, 4) is 17.1 Å². The number of nitrogens with zero attached hydrogens (tertiary/aromatic N) is 3. The van der Waals surface area contributed by atoms with Crippen LogP contribution in [0.4, 0.5) is 0 Å². The first-order valence-electron chi connectivity index (χ1n) is 8.51. The van der Waals surface area contributed by atoms with Crippen molar-refractivity contribution >= 4 is 10.0 Å². The van der Waals surface area contributed by atoms with Crippen molar-refractivity contribution in [2.45, 2.75) is 19.2 Å². The predicted octanol–water partition coefficient (Wildman–Crippen LogP) is 3.10. The van der Waals surface area contributed by atoms with E-state index >= 15 is 0 Å². The van der Waals surface area contributed by atoms with Gasteiger partial charge in [0.1, 0.15) is 5.75 Å². The van der Waals surface area contributed by atoms with Crippen LogP contribution in [0.15, 0.2) is 59.1 Å². The van der Waals surface area contributed by atoms with Gasteiger partial charge in [-0.05, 0) is 36.8 Å². The van der Waals surface area contributed by atoms with E-state index < -0.39 is 10.0 Å². The quantitative estimate of drug-likeness (QED) is 0.590. The largest absolute Gasteiger partial charge is 0.494 e. The van der Waals surface area contributed by atoms with Gasteiger partial charge in [0.15, 0.2) is 0 Å². The molecule has 0 atom stereocenters. The van der Waals surface area contributed by atoms with Crippen molar-refractivity contribution < 1.29 is 17.7 Å². The Balaban J connectivity index is 1.67. The van der Waals surface area contributed by atoms with Crippen LogP contribution in [0, 0.1) is 0 Å². The second kappa shape index (κ2) is 8.32. The van der Waals surface area contributed by atoms with Crippen molar-refractivity contribution in [3.63, 3.8) is 0 Å². The van der Waals surface area contributed by atoms with Crippen molar-refractivity contribution in [1.29, 1.82) is 0 Å². The number of ether oxygens (including phenoxy) is 1. The van der Waals surface area contributed by atoms with Crippen LogP contribution in [0.3, 0.4) is 0 Å². The van der Waals surface area contributed by atoms with E-state index in [0.29, 0.717) is 12.4 Å². The Bertz CT molecular complexity index is 970. The number of sulfonamides is 1. The van der Waals surface area contributed by atoms with Crippen LogP contribution in [0.2, 0.25) is 0 Å². The van der Waals surface area contributed by atoms with Gasteiger partial charge in [0.25, 0.3) is 0 Å². The summed E-state index contributed by atoms with van der Waals surface area (Å²) in [6, 6.07) is 16.3. The number of rotatable bonds is 8. The van der Waals surface area contributed by atoms with Crippen LogP contribution < -0.4 is 4.74 Å². The summed E-state index contributed by atoms with van der Waals surface area (Å²) in [6.07, 6.45) is 0.